The molecule has 2 aromatic heterocycles. The highest BCUT2D eigenvalue weighted by atomic mass is 35.5. The third-order valence-corrected chi connectivity index (χ3v) is 5.01. The number of fused-ring (bicyclic) bond motifs is 2. The topological polar surface area (TPSA) is 112 Å². The third kappa shape index (κ3) is 3.61. The van der Waals surface area contributed by atoms with Gasteiger partial charge in [0.05, 0.1) is 29.9 Å². The van der Waals surface area contributed by atoms with Crippen LogP contribution in [0.25, 0.3) is 5.65 Å². The molecule has 4 rings (SSSR count). The van der Waals surface area contributed by atoms with Gasteiger partial charge in [-0.05, 0) is 19.1 Å². The fourth-order valence-electron chi connectivity index (χ4n) is 3.24. The van der Waals surface area contributed by atoms with Crippen molar-refractivity contribution in [2.75, 3.05) is 19.7 Å². The second-order valence-electron chi connectivity index (χ2n) is 6.67. The van der Waals surface area contributed by atoms with Crippen LogP contribution in [0.15, 0.2) is 30.6 Å². The Bertz CT molecular complexity index is 1150. The largest absolute Gasteiger partial charge is 0.491 e. The van der Waals surface area contributed by atoms with Crippen molar-refractivity contribution in [1.29, 1.82) is 0 Å². The zero-order valence-corrected chi connectivity index (χ0v) is 16.6. The average molecular weight is 434 g/mol. The summed E-state index contributed by atoms with van der Waals surface area (Å²) in [6.45, 7) is 1.42. The highest BCUT2D eigenvalue weighted by Gasteiger charge is 2.26. The number of carbonyl (C=O) groups excluding carboxylic acids is 2. The maximum Gasteiger partial charge on any atom is 0.259 e. The molecular formula is C19H17ClFN5O4. The minimum Gasteiger partial charge on any atom is -0.491 e. The quantitative estimate of drug-likeness (QED) is 0.661. The van der Waals surface area contributed by atoms with E-state index in [1.54, 1.807) is 19.2 Å². The second kappa shape index (κ2) is 7.79. The van der Waals surface area contributed by atoms with E-state index < -0.39 is 23.7 Å². The van der Waals surface area contributed by atoms with E-state index in [0.717, 1.165) is 0 Å². The number of amides is 2. The molecule has 2 bridgehead atoms. The number of carbonyl (C=O) groups is 2. The van der Waals surface area contributed by atoms with Crippen molar-refractivity contribution in [2.45, 2.75) is 13.0 Å². The molecule has 1 aliphatic heterocycles. The first-order valence-electron chi connectivity index (χ1n) is 9.04. The number of benzene rings is 1. The summed E-state index contributed by atoms with van der Waals surface area (Å²) in [4.78, 5) is 30.1. The fraction of sp³-hybridized carbons (Fsp3) is 0.263. The van der Waals surface area contributed by atoms with Crippen LogP contribution in [0.3, 0.4) is 0 Å². The summed E-state index contributed by atoms with van der Waals surface area (Å²) in [7, 11) is 0. The molecule has 1 aromatic carbocycles. The van der Waals surface area contributed by atoms with Crippen LogP contribution in [0.5, 0.6) is 11.6 Å². The van der Waals surface area contributed by atoms with Gasteiger partial charge < -0.3 is 20.1 Å². The Balaban J connectivity index is 1.84. The van der Waals surface area contributed by atoms with Crippen LogP contribution in [0.1, 0.15) is 28.9 Å². The van der Waals surface area contributed by atoms with Gasteiger partial charge in [0.2, 0.25) is 11.8 Å². The van der Waals surface area contributed by atoms with E-state index in [4.69, 9.17) is 26.8 Å². The van der Waals surface area contributed by atoms with Crippen molar-refractivity contribution < 1.29 is 23.5 Å². The zero-order chi connectivity index (χ0) is 21.4. The van der Waals surface area contributed by atoms with Gasteiger partial charge in [0.15, 0.2) is 5.65 Å². The van der Waals surface area contributed by atoms with E-state index in [-0.39, 0.29) is 41.8 Å². The number of ether oxygens (including phenoxy) is 2. The Kier molecular flexibility index (Phi) is 5.17. The summed E-state index contributed by atoms with van der Waals surface area (Å²) in [5, 5.41) is 3.98. The molecule has 2 amide bonds. The number of primary amides is 1. The minimum atomic E-state index is -0.706. The molecule has 1 aliphatic rings. The fourth-order valence-corrected chi connectivity index (χ4v) is 3.55. The van der Waals surface area contributed by atoms with Crippen LogP contribution in [-0.4, -0.2) is 51.0 Å². The summed E-state index contributed by atoms with van der Waals surface area (Å²) < 4.78 is 27.1. The molecule has 0 spiro atoms. The van der Waals surface area contributed by atoms with Gasteiger partial charge in [-0.2, -0.15) is 10.1 Å². The SMILES string of the molecule is CC1Oc2ccn3ncc(c3n2)C(=O)N(CC(N)=O)CCOc2ccc(F)c(Cl)c21. The molecular weight excluding hydrogens is 417 g/mol. The number of aromatic nitrogens is 3. The van der Waals surface area contributed by atoms with E-state index in [1.165, 1.54) is 27.7 Å². The van der Waals surface area contributed by atoms with E-state index in [9.17, 15) is 14.0 Å². The van der Waals surface area contributed by atoms with E-state index in [0.29, 0.717) is 11.3 Å². The van der Waals surface area contributed by atoms with Gasteiger partial charge in [-0.1, -0.05) is 11.6 Å². The van der Waals surface area contributed by atoms with Crippen molar-refractivity contribution in [3.8, 4) is 11.6 Å². The van der Waals surface area contributed by atoms with Crippen molar-refractivity contribution in [1.82, 2.24) is 19.5 Å². The van der Waals surface area contributed by atoms with Crippen molar-refractivity contribution in [3.63, 3.8) is 0 Å². The normalized spacial score (nSPS) is 16.8. The van der Waals surface area contributed by atoms with Crippen LogP contribution >= 0.6 is 11.6 Å². The Morgan fingerprint density at radius 3 is 2.97 bits per heavy atom. The number of hydrogen-bond acceptors (Lipinski definition) is 6. The van der Waals surface area contributed by atoms with Crippen LogP contribution in [0, 0.1) is 5.82 Å². The smallest absolute Gasteiger partial charge is 0.259 e. The summed E-state index contributed by atoms with van der Waals surface area (Å²) in [6, 6.07) is 4.17. The Hall–Kier alpha value is -3.40. The van der Waals surface area contributed by atoms with Crippen LogP contribution in [0.4, 0.5) is 4.39 Å². The van der Waals surface area contributed by atoms with Gasteiger partial charge in [0.1, 0.15) is 29.8 Å². The lowest BCUT2D eigenvalue weighted by Crippen LogP contribution is -2.40. The summed E-state index contributed by atoms with van der Waals surface area (Å²) in [5.74, 6) is -1.31. The second-order valence-corrected chi connectivity index (χ2v) is 7.04. The van der Waals surface area contributed by atoms with E-state index in [2.05, 4.69) is 10.1 Å². The van der Waals surface area contributed by atoms with Crippen molar-refractivity contribution in [2.24, 2.45) is 5.73 Å². The molecule has 0 fully saturated rings. The van der Waals surface area contributed by atoms with Crippen LogP contribution in [0.2, 0.25) is 5.02 Å². The maximum atomic E-state index is 14.1. The molecule has 156 valence electrons. The third-order valence-electron chi connectivity index (χ3n) is 4.62. The number of hydrogen-bond donors (Lipinski definition) is 1. The Labute approximate surface area is 175 Å². The Morgan fingerprint density at radius 1 is 1.40 bits per heavy atom. The van der Waals surface area contributed by atoms with Crippen molar-refractivity contribution in [3.05, 3.63) is 52.6 Å². The monoisotopic (exact) mass is 433 g/mol. The lowest BCUT2D eigenvalue weighted by atomic mass is 10.1. The first-order chi connectivity index (χ1) is 14.3. The van der Waals surface area contributed by atoms with Crippen molar-refractivity contribution >= 4 is 29.1 Å². The molecule has 11 heteroatoms. The molecule has 30 heavy (non-hydrogen) atoms. The number of rotatable bonds is 2. The molecule has 0 saturated heterocycles. The molecule has 1 unspecified atom stereocenters. The van der Waals surface area contributed by atoms with Gasteiger partial charge in [0.25, 0.3) is 5.91 Å². The molecule has 0 saturated carbocycles. The lowest BCUT2D eigenvalue weighted by Gasteiger charge is -2.22. The number of nitrogens with zero attached hydrogens (tertiary/aromatic N) is 4. The van der Waals surface area contributed by atoms with Crippen LogP contribution in [-0.2, 0) is 4.79 Å². The first-order valence-corrected chi connectivity index (χ1v) is 9.42. The highest BCUT2D eigenvalue weighted by Crippen LogP contribution is 2.36. The molecule has 0 aliphatic carbocycles. The minimum absolute atomic E-state index is 0.0101. The molecule has 2 N–H and O–H groups in total. The molecule has 3 heterocycles. The maximum absolute atomic E-state index is 14.1. The first kappa shape index (κ1) is 19.9. The van der Waals surface area contributed by atoms with Gasteiger partial charge in [-0.15, -0.1) is 0 Å². The number of nitrogens with two attached hydrogens (primary N) is 1. The van der Waals surface area contributed by atoms with Crippen LogP contribution < -0.4 is 15.2 Å². The van der Waals surface area contributed by atoms with Gasteiger partial charge >= 0.3 is 0 Å². The highest BCUT2D eigenvalue weighted by molar-refractivity contribution is 6.31. The Morgan fingerprint density at radius 2 is 2.20 bits per heavy atom. The molecule has 3 aromatic rings. The van der Waals surface area contributed by atoms with E-state index in [1.807, 2.05) is 0 Å². The van der Waals surface area contributed by atoms with Gasteiger partial charge in [0, 0.05) is 12.3 Å². The van der Waals surface area contributed by atoms with Gasteiger partial charge in [-0.3, -0.25) is 9.59 Å². The molecule has 9 nitrogen and oxygen atoms in total. The average Bonchev–Trinajstić information content (AvgIpc) is 3.11. The standard InChI is InChI=1S/C19H17ClFN5O4/c1-10-16-13(3-2-12(21)17(16)20)29-7-6-25(9-14(22)27)19(28)11-8-23-26-5-4-15(30-10)24-18(11)26/h2-5,8,10H,6-7,9H2,1H3,(H2,22,27). The molecule has 0 radical (unpaired) electrons. The summed E-state index contributed by atoms with van der Waals surface area (Å²) in [5.41, 5.74) is 6.03. The summed E-state index contributed by atoms with van der Waals surface area (Å²) in [6.07, 6.45) is 2.22. The summed E-state index contributed by atoms with van der Waals surface area (Å²) >= 11 is 6.19. The molecule has 1 atom stereocenters. The predicted molar refractivity (Wildman–Crippen MR) is 104 cm³/mol. The van der Waals surface area contributed by atoms with Gasteiger partial charge in [-0.25, -0.2) is 8.91 Å². The lowest BCUT2D eigenvalue weighted by molar-refractivity contribution is -0.118. The zero-order valence-electron chi connectivity index (χ0n) is 15.8. The number of halogens is 2. The predicted octanol–water partition coefficient (Wildman–Crippen LogP) is 1.98. The van der Waals surface area contributed by atoms with E-state index >= 15 is 0 Å².